The Morgan fingerprint density at radius 2 is 2.25 bits per heavy atom. The van der Waals surface area contributed by atoms with Gasteiger partial charge in [-0.25, -0.2) is 4.79 Å². The first kappa shape index (κ1) is 8.54. The molecule has 0 spiro atoms. The Labute approximate surface area is 70.3 Å². The Morgan fingerprint density at radius 3 is 2.75 bits per heavy atom. The third-order valence-electron chi connectivity index (χ3n) is 1.65. The lowest BCUT2D eigenvalue weighted by atomic mass is 10.1. The maximum atomic E-state index is 11.1. The van der Waals surface area contributed by atoms with Gasteiger partial charge in [0.2, 0.25) is 0 Å². The highest BCUT2D eigenvalue weighted by Gasteiger charge is 2.05. The first-order valence-electron chi connectivity index (χ1n) is 3.62. The topological polar surface area (TPSA) is 54.0 Å². The molecule has 0 saturated heterocycles. The first-order valence-corrected chi connectivity index (χ1v) is 3.62. The second kappa shape index (κ2) is 3.22. The molecule has 0 saturated carbocycles. The van der Waals surface area contributed by atoms with Gasteiger partial charge >= 0.3 is 5.63 Å². The van der Waals surface area contributed by atoms with Crippen LogP contribution in [0.15, 0.2) is 15.3 Å². The van der Waals surface area contributed by atoms with Crippen LogP contribution in [-0.4, -0.2) is 0 Å². The molecule has 0 unspecified atom stereocenters. The van der Waals surface area contributed by atoms with E-state index in [1.54, 1.807) is 19.9 Å². The maximum absolute atomic E-state index is 11.1. The van der Waals surface area contributed by atoms with Crippen molar-refractivity contribution in [2.45, 2.75) is 20.3 Å². The summed E-state index contributed by atoms with van der Waals surface area (Å²) in [6.07, 6.45) is 0.119. The van der Waals surface area contributed by atoms with Gasteiger partial charge in [-0.3, -0.25) is 0 Å². The lowest BCUT2D eigenvalue weighted by Crippen LogP contribution is -2.09. The minimum atomic E-state index is -0.394. The third kappa shape index (κ3) is 1.54. The number of nitriles is 1. The average Bonchev–Trinajstić information content (AvgIpc) is 1.96. The van der Waals surface area contributed by atoms with E-state index < -0.39 is 5.63 Å². The standard InChI is InChI=1S/C9H9NO2/c1-6-5-7(2)12-9(11)8(6)3-4-10/h5H,3H2,1-2H3. The van der Waals surface area contributed by atoms with Crippen LogP contribution in [0.1, 0.15) is 16.9 Å². The molecule has 0 N–H and O–H groups in total. The number of hydrogen-bond donors (Lipinski definition) is 0. The third-order valence-corrected chi connectivity index (χ3v) is 1.65. The summed E-state index contributed by atoms with van der Waals surface area (Å²) in [6.45, 7) is 3.52. The van der Waals surface area contributed by atoms with E-state index in [0.29, 0.717) is 11.3 Å². The quantitative estimate of drug-likeness (QED) is 0.627. The van der Waals surface area contributed by atoms with E-state index in [1.165, 1.54) is 0 Å². The van der Waals surface area contributed by atoms with Crippen LogP contribution in [0.25, 0.3) is 0 Å². The van der Waals surface area contributed by atoms with Gasteiger partial charge in [0.15, 0.2) is 0 Å². The largest absolute Gasteiger partial charge is 0.428 e. The van der Waals surface area contributed by atoms with Crippen molar-refractivity contribution in [1.82, 2.24) is 0 Å². The number of hydrogen-bond acceptors (Lipinski definition) is 3. The molecule has 1 heterocycles. The van der Waals surface area contributed by atoms with E-state index in [4.69, 9.17) is 9.68 Å². The molecule has 0 fully saturated rings. The predicted octanol–water partition coefficient (Wildman–Crippen LogP) is 1.32. The maximum Gasteiger partial charge on any atom is 0.340 e. The minimum absolute atomic E-state index is 0.119. The van der Waals surface area contributed by atoms with Crippen molar-refractivity contribution in [2.75, 3.05) is 0 Å². The summed E-state index contributed by atoms with van der Waals surface area (Å²) in [7, 11) is 0. The Balaban J connectivity index is 3.31. The van der Waals surface area contributed by atoms with E-state index in [0.717, 1.165) is 5.56 Å². The van der Waals surface area contributed by atoms with E-state index in [2.05, 4.69) is 0 Å². The highest BCUT2D eigenvalue weighted by atomic mass is 16.4. The molecule has 0 aliphatic heterocycles. The van der Waals surface area contributed by atoms with Crippen LogP contribution in [0.4, 0.5) is 0 Å². The molecule has 3 heteroatoms. The smallest absolute Gasteiger partial charge is 0.340 e. The molecule has 0 atom stereocenters. The summed E-state index contributed by atoms with van der Waals surface area (Å²) in [5, 5.41) is 8.41. The summed E-state index contributed by atoms with van der Waals surface area (Å²) >= 11 is 0. The zero-order valence-corrected chi connectivity index (χ0v) is 7.05. The monoisotopic (exact) mass is 163 g/mol. The van der Waals surface area contributed by atoms with Crippen molar-refractivity contribution in [1.29, 1.82) is 5.26 Å². The van der Waals surface area contributed by atoms with Crippen molar-refractivity contribution in [3.63, 3.8) is 0 Å². The van der Waals surface area contributed by atoms with Gasteiger partial charge in [-0.2, -0.15) is 5.26 Å². The molecule has 0 aliphatic carbocycles. The molecule has 12 heavy (non-hydrogen) atoms. The summed E-state index contributed by atoms with van der Waals surface area (Å²) in [5.41, 5.74) is 0.891. The van der Waals surface area contributed by atoms with E-state index in [9.17, 15) is 4.79 Å². The summed E-state index contributed by atoms with van der Waals surface area (Å²) in [5.74, 6) is 0.583. The second-order valence-electron chi connectivity index (χ2n) is 2.64. The zero-order valence-electron chi connectivity index (χ0n) is 7.05. The summed E-state index contributed by atoms with van der Waals surface area (Å²) < 4.78 is 4.83. The minimum Gasteiger partial charge on any atom is -0.428 e. The molecule has 1 rings (SSSR count). The van der Waals surface area contributed by atoms with Crippen LogP contribution in [0.2, 0.25) is 0 Å². The van der Waals surface area contributed by atoms with Crippen molar-refractivity contribution in [3.05, 3.63) is 33.4 Å². The lowest BCUT2D eigenvalue weighted by Gasteiger charge is -1.99. The highest BCUT2D eigenvalue weighted by molar-refractivity contribution is 5.25. The fraction of sp³-hybridized carbons (Fsp3) is 0.333. The normalized spacial score (nSPS) is 9.42. The van der Waals surface area contributed by atoms with Gasteiger partial charge in [-0.15, -0.1) is 0 Å². The van der Waals surface area contributed by atoms with Crippen LogP contribution in [0.5, 0.6) is 0 Å². The van der Waals surface area contributed by atoms with E-state index >= 15 is 0 Å². The predicted molar refractivity (Wildman–Crippen MR) is 43.8 cm³/mol. The molecule has 0 bridgehead atoms. The molecular weight excluding hydrogens is 154 g/mol. The van der Waals surface area contributed by atoms with Crippen LogP contribution in [0, 0.1) is 25.2 Å². The Hall–Kier alpha value is -1.56. The van der Waals surface area contributed by atoms with Crippen LogP contribution < -0.4 is 5.63 Å². The van der Waals surface area contributed by atoms with Gasteiger partial charge in [0.25, 0.3) is 0 Å². The fourth-order valence-electron chi connectivity index (χ4n) is 1.08. The summed E-state index contributed by atoms with van der Waals surface area (Å²) in [6, 6.07) is 3.68. The molecule has 1 aromatic rings. The van der Waals surface area contributed by atoms with Crippen molar-refractivity contribution >= 4 is 0 Å². The summed E-state index contributed by atoms with van der Waals surface area (Å²) in [4.78, 5) is 11.1. The van der Waals surface area contributed by atoms with Crippen LogP contribution in [0.3, 0.4) is 0 Å². The van der Waals surface area contributed by atoms with Gasteiger partial charge in [-0.1, -0.05) is 0 Å². The number of aryl methyl sites for hydroxylation is 2. The van der Waals surface area contributed by atoms with Gasteiger partial charge in [0.1, 0.15) is 5.76 Å². The Bertz CT molecular complexity index is 384. The van der Waals surface area contributed by atoms with Crippen molar-refractivity contribution in [3.8, 4) is 6.07 Å². The molecule has 0 radical (unpaired) electrons. The number of rotatable bonds is 1. The molecule has 62 valence electrons. The van der Waals surface area contributed by atoms with Crippen LogP contribution in [-0.2, 0) is 6.42 Å². The Morgan fingerprint density at radius 1 is 1.58 bits per heavy atom. The molecular formula is C9H9NO2. The number of nitrogens with zero attached hydrogens (tertiary/aromatic N) is 1. The molecule has 0 aromatic carbocycles. The van der Waals surface area contributed by atoms with Gasteiger partial charge in [0, 0.05) is 0 Å². The second-order valence-corrected chi connectivity index (χ2v) is 2.64. The molecule has 0 amide bonds. The lowest BCUT2D eigenvalue weighted by molar-refractivity contribution is 0.472. The molecule has 0 aliphatic rings. The van der Waals surface area contributed by atoms with Gasteiger partial charge in [-0.05, 0) is 25.5 Å². The van der Waals surface area contributed by atoms with Crippen LogP contribution >= 0.6 is 0 Å². The zero-order chi connectivity index (χ0) is 9.14. The highest BCUT2D eigenvalue weighted by Crippen LogP contribution is 2.05. The van der Waals surface area contributed by atoms with Crippen molar-refractivity contribution < 1.29 is 4.42 Å². The van der Waals surface area contributed by atoms with Crippen molar-refractivity contribution in [2.24, 2.45) is 0 Å². The van der Waals surface area contributed by atoms with Gasteiger partial charge < -0.3 is 4.42 Å². The average molecular weight is 163 g/mol. The Kier molecular flexibility index (Phi) is 2.29. The SMILES string of the molecule is Cc1cc(C)c(CC#N)c(=O)o1. The first-order chi connectivity index (χ1) is 5.65. The van der Waals surface area contributed by atoms with Gasteiger partial charge in [0.05, 0.1) is 18.1 Å². The molecule has 3 nitrogen and oxygen atoms in total. The molecule has 1 aromatic heterocycles. The van der Waals surface area contributed by atoms with E-state index in [-0.39, 0.29) is 6.42 Å². The van der Waals surface area contributed by atoms with E-state index in [1.807, 2.05) is 6.07 Å². The fourth-order valence-corrected chi connectivity index (χ4v) is 1.08.